The normalized spacial score (nSPS) is 13.1. The molecule has 2 atom stereocenters. The summed E-state index contributed by atoms with van der Waals surface area (Å²) < 4.78 is 2.79. The first-order valence-corrected chi connectivity index (χ1v) is 16.2. The van der Waals surface area contributed by atoms with Gasteiger partial charge in [-0.1, -0.05) is 63.8 Å². The summed E-state index contributed by atoms with van der Waals surface area (Å²) in [6.45, 7) is 13.8. The van der Waals surface area contributed by atoms with Gasteiger partial charge >= 0.3 is 0 Å². The highest BCUT2D eigenvalue weighted by Gasteiger charge is 2.19. The van der Waals surface area contributed by atoms with Crippen LogP contribution in [0.3, 0.4) is 0 Å². The molecule has 0 bridgehead atoms. The van der Waals surface area contributed by atoms with Gasteiger partial charge in [0.25, 0.3) is 0 Å². The molecule has 4 heteroatoms. The number of aryl methyl sites for hydroxylation is 4. The minimum atomic E-state index is 0.293. The standard InChI is InChI=1S/2C17H24OS/c2*1-4-5-6-14(9-10-18)17-13(3)15-8-7-12(2)11-16(15)19-17/h2*7-8,11,14,18H,4-6,9-10H2,1-3H3. The Bertz CT molecular complexity index is 1180. The van der Waals surface area contributed by atoms with E-state index in [2.05, 4.69) is 77.9 Å². The maximum absolute atomic E-state index is 9.31. The van der Waals surface area contributed by atoms with E-state index in [4.69, 9.17) is 0 Å². The lowest BCUT2D eigenvalue weighted by atomic mass is 9.94. The first kappa shape index (κ1) is 30.8. The molecule has 2 aromatic heterocycles. The van der Waals surface area contributed by atoms with Crippen molar-refractivity contribution in [3.8, 4) is 0 Å². The van der Waals surface area contributed by atoms with Crippen molar-refractivity contribution >= 4 is 42.8 Å². The second kappa shape index (κ2) is 15.2. The van der Waals surface area contributed by atoms with Gasteiger partial charge in [0.1, 0.15) is 0 Å². The molecular weight excluding hydrogens is 505 g/mol. The Morgan fingerprint density at radius 1 is 0.605 bits per heavy atom. The highest BCUT2D eigenvalue weighted by Crippen LogP contribution is 2.40. The first-order chi connectivity index (χ1) is 18.3. The van der Waals surface area contributed by atoms with E-state index in [1.54, 1.807) is 0 Å². The molecule has 208 valence electrons. The largest absolute Gasteiger partial charge is 0.396 e. The van der Waals surface area contributed by atoms with Crippen molar-refractivity contribution in [2.75, 3.05) is 13.2 Å². The van der Waals surface area contributed by atoms with Crippen LogP contribution in [0.1, 0.15) is 109 Å². The molecule has 0 aliphatic carbocycles. The summed E-state index contributed by atoms with van der Waals surface area (Å²) in [5, 5.41) is 21.4. The number of aliphatic hydroxyl groups excluding tert-OH is 2. The van der Waals surface area contributed by atoms with Crippen LogP contribution in [0, 0.1) is 27.7 Å². The molecule has 0 saturated carbocycles. The minimum absolute atomic E-state index is 0.293. The third kappa shape index (κ3) is 7.69. The summed E-state index contributed by atoms with van der Waals surface area (Å²) in [7, 11) is 0. The molecule has 2 unspecified atom stereocenters. The Morgan fingerprint density at radius 3 is 1.34 bits per heavy atom. The van der Waals surface area contributed by atoms with Crippen LogP contribution >= 0.6 is 22.7 Å². The Hall–Kier alpha value is -1.72. The van der Waals surface area contributed by atoms with Crippen LogP contribution in [0.5, 0.6) is 0 Å². The van der Waals surface area contributed by atoms with E-state index in [9.17, 15) is 10.2 Å². The second-order valence-electron chi connectivity index (χ2n) is 10.9. The van der Waals surface area contributed by atoms with Crippen molar-refractivity contribution in [1.29, 1.82) is 0 Å². The van der Waals surface area contributed by atoms with Gasteiger partial charge in [0.05, 0.1) is 0 Å². The number of hydrogen-bond acceptors (Lipinski definition) is 4. The van der Waals surface area contributed by atoms with Crippen molar-refractivity contribution in [3.63, 3.8) is 0 Å². The quantitative estimate of drug-likeness (QED) is 0.183. The maximum Gasteiger partial charge on any atom is 0.0437 e. The number of fused-ring (bicyclic) bond motifs is 2. The highest BCUT2D eigenvalue weighted by molar-refractivity contribution is 7.19. The molecule has 0 spiro atoms. The van der Waals surface area contributed by atoms with E-state index in [1.165, 1.54) is 90.7 Å². The zero-order valence-electron chi connectivity index (χ0n) is 24.4. The predicted molar refractivity (Wildman–Crippen MR) is 171 cm³/mol. The van der Waals surface area contributed by atoms with Gasteiger partial charge < -0.3 is 10.2 Å². The van der Waals surface area contributed by atoms with E-state index in [1.807, 2.05) is 22.7 Å². The number of aliphatic hydroxyl groups is 2. The van der Waals surface area contributed by atoms with E-state index in [0.717, 1.165) is 12.8 Å². The zero-order chi connectivity index (χ0) is 27.7. The lowest BCUT2D eigenvalue weighted by Gasteiger charge is -2.15. The van der Waals surface area contributed by atoms with Crippen LogP contribution in [0.2, 0.25) is 0 Å². The molecular formula is C34H48O2S2. The zero-order valence-corrected chi connectivity index (χ0v) is 26.0. The average molecular weight is 553 g/mol. The van der Waals surface area contributed by atoms with Crippen LogP contribution in [0.15, 0.2) is 36.4 Å². The SMILES string of the molecule is CCCCC(CCO)c1sc2cc(C)ccc2c1C.CCCCC(CCO)c1sc2cc(C)ccc2c1C. The summed E-state index contributed by atoms with van der Waals surface area (Å²) in [6, 6.07) is 13.4. The molecule has 0 amide bonds. The van der Waals surface area contributed by atoms with Gasteiger partial charge in [0, 0.05) is 32.4 Å². The highest BCUT2D eigenvalue weighted by atomic mass is 32.1. The number of hydrogen-bond donors (Lipinski definition) is 2. The molecule has 2 aromatic carbocycles. The number of benzene rings is 2. The Balaban J connectivity index is 0.000000211. The first-order valence-electron chi connectivity index (χ1n) is 14.5. The summed E-state index contributed by atoms with van der Waals surface area (Å²) in [5.41, 5.74) is 5.50. The fourth-order valence-corrected chi connectivity index (χ4v) is 8.46. The lowest BCUT2D eigenvalue weighted by molar-refractivity contribution is 0.272. The summed E-state index contributed by atoms with van der Waals surface area (Å²) in [6.07, 6.45) is 9.14. The molecule has 2 N–H and O–H groups in total. The number of rotatable bonds is 12. The van der Waals surface area contributed by atoms with E-state index < -0.39 is 0 Å². The molecule has 2 heterocycles. The summed E-state index contributed by atoms with van der Waals surface area (Å²) >= 11 is 3.85. The van der Waals surface area contributed by atoms with Gasteiger partial charge in [0.15, 0.2) is 0 Å². The molecule has 4 rings (SSSR count). The molecule has 4 aromatic rings. The summed E-state index contributed by atoms with van der Waals surface area (Å²) in [5.74, 6) is 1.06. The van der Waals surface area contributed by atoms with Crippen molar-refractivity contribution in [3.05, 3.63) is 68.4 Å². The molecule has 0 saturated heterocycles. The Kier molecular flexibility index (Phi) is 12.3. The monoisotopic (exact) mass is 552 g/mol. The van der Waals surface area contributed by atoms with Crippen molar-refractivity contribution in [2.24, 2.45) is 0 Å². The minimum Gasteiger partial charge on any atom is -0.396 e. The third-order valence-electron chi connectivity index (χ3n) is 7.77. The third-order valence-corrected chi connectivity index (χ3v) is 10.6. The van der Waals surface area contributed by atoms with Crippen LogP contribution in [-0.2, 0) is 0 Å². The van der Waals surface area contributed by atoms with Gasteiger partial charge in [0.2, 0.25) is 0 Å². The smallest absolute Gasteiger partial charge is 0.0437 e. The van der Waals surface area contributed by atoms with Crippen LogP contribution in [0.4, 0.5) is 0 Å². The number of unbranched alkanes of at least 4 members (excludes halogenated alkanes) is 2. The summed E-state index contributed by atoms with van der Waals surface area (Å²) in [4.78, 5) is 2.98. The van der Waals surface area contributed by atoms with Crippen molar-refractivity contribution in [1.82, 2.24) is 0 Å². The van der Waals surface area contributed by atoms with E-state index >= 15 is 0 Å². The molecule has 0 aliphatic heterocycles. The van der Waals surface area contributed by atoms with Crippen LogP contribution in [-0.4, -0.2) is 23.4 Å². The fourth-order valence-electron chi connectivity index (χ4n) is 5.51. The topological polar surface area (TPSA) is 40.5 Å². The molecule has 0 radical (unpaired) electrons. The van der Waals surface area contributed by atoms with E-state index in [-0.39, 0.29) is 0 Å². The Morgan fingerprint density at radius 2 is 1.00 bits per heavy atom. The molecule has 2 nitrogen and oxygen atoms in total. The maximum atomic E-state index is 9.31. The van der Waals surface area contributed by atoms with Gasteiger partial charge in [-0.05, 0) is 110 Å². The fraction of sp³-hybridized carbons (Fsp3) is 0.529. The van der Waals surface area contributed by atoms with Crippen molar-refractivity contribution < 1.29 is 10.2 Å². The Labute approximate surface area is 238 Å². The van der Waals surface area contributed by atoms with Crippen LogP contribution in [0.25, 0.3) is 20.2 Å². The van der Waals surface area contributed by atoms with Gasteiger partial charge in [-0.15, -0.1) is 22.7 Å². The average Bonchev–Trinajstić information content (AvgIpc) is 3.40. The van der Waals surface area contributed by atoms with Gasteiger partial charge in [-0.3, -0.25) is 0 Å². The molecule has 0 fully saturated rings. The van der Waals surface area contributed by atoms with Gasteiger partial charge in [-0.2, -0.15) is 0 Å². The lowest BCUT2D eigenvalue weighted by Crippen LogP contribution is -2.01. The van der Waals surface area contributed by atoms with Gasteiger partial charge in [-0.25, -0.2) is 0 Å². The predicted octanol–water partition coefficient (Wildman–Crippen LogP) is 10.3. The van der Waals surface area contributed by atoms with Crippen molar-refractivity contribution in [2.45, 2.75) is 105 Å². The number of thiophene rings is 2. The van der Waals surface area contributed by atoms with Crippen LogP contribution < -0.4 is 0 Å². The molecule has 0 aliphatic rings. The second-order valence-corrected chi connectivity index (χ2v) is 13.1. The molecule has 38 heavy (non-hydrogen) atoms. The van der Waals surface area contributed by atoms with E-state index in [0.29, 0.717) is 25.0 Å².